The molecule has 3 rings (SSSR count). The van der Waals surface area contributed by atoms with Crippen molar-refractivity contribution < 1.29 is 19.1 Å². The van der Waals surface area contributed by atoms with Gasteiger partial charge in [-0.2, -0.15) is 0 Å². The molecule has 3 amide bonds. The Hall–Kier alpha value is -2.48. The average molecular weight is 597 g/mol. The van der Waals surface area contributed by atoms with E-state index in [0.29, 0.717) is 17.2 Å². The third kappa shape index (κ3) is 8.75. The van der Waals surface area contributed by atoms with Crippen molar-refractivity contribution >= 4 is 58.4 Å². The molecule has 1 unspecified atom stereocenters. The third-order valence-corrected chi connectivity index (χ3v) is 8.57. The first kappa shape index (κ1) is 31.1. The predicted octanol–water partition coefficient (Wildman–Crippen LogP) is 7.66. The van der Waals surface area contributed by atoms with E-state index < -0.39 is 6.03 Å². The van der Waals surface area contributed by atoms with Crippen molar-refractivity contribution in [1.29, 1.82) is 0 Å². The van der Waals surface area contributed by atoms with Crippen molar-refractivity contribution in [1.82, 2.24) is 10.6 Å². The summed E-state index contributed by atoms with van der Waals surface area (Å²) in [6, 6.07) is 9.64. The van der Waals surface area contributed by atoms with E-state index in [4.69, 9.17) is 34.8 Å². The minimum absolute atomic E-state index is 0.0999. The molecule has 1 aliphatic carbocycles. The van der Waals surface area contributed by atoms with Crippen molar-refractivity contribution in [3.63, 3.8) is 0 Å². The van der Waals surface area contributed by atoms with E-state index in [1.165, 1.54) is 7.11 Å². The van der Waals surface area contributed by atoms with Crippen LogP contribution in [0.3, 0.4) is 0 Å². The quantitative estimate of drug-likeness (QED) is 0.215. The van der Waals surface area contributed by atoms with Gasteiger partial charge in [-0.25, -0.2) is 4.79 Å². The van der Waals surface area contributed by atoms with Gasteiger partial charge in [0.1, 0.15) is 0 Å². The van der Waals surface area contributed by atoms with Gasteiger partial charge in [-0.3, -0.25) is 9.59 Å². The minimum atomic E-state index is -0.392. The van der Waals surface area contributed by atoms with Crippen molar-refractivity contribution in [2.45, 2.75) is 58.9 Å². The lowest BCUT2D eigenvalue weighted by atomic mass is 9.68. The van der Waals surface area contributed by atoms with Gasteiger partial charge in [0.2, 0.25) is 0 Å². The number of anilines is 1. The zero-order valence-corrected chi connectivity index (χ0v) is 25.0. The van der Waals surface area contributed by atoms with Gasteiger partial charge in [-0.1, -0.05) is 67.7 Å². The van der Waals surface area contributed by atoms with Crippen molar-refractivity contribution in [3.05, 3.63) is 62.6 Å². The Morgan fingerprint density at radius 2 is 1.56 bits per heavy atom. The van der Waals surface area contributed by atoms with Crippen LogP contribution in [0.4, 0.5) is 10.5 Å². The van der Waals surface area contributed by atoms with Gasteiger partial charge >= 0.3 is 12.0 Å². The molecule has 0 radical (unpaired) electrons. The first-order chi connectivity index (χ1) is 18.4. The second-order valence-corrected chi connectivity index (χ2v) is 12.2. The molecule has 7 nitrogen and oxygen atoms in total. The van der Waals surface area contributed by atoms with E-state index in [2.05, 4.69) is 41.5 Å². The largest absolute Gasteiger partial charge is 0.469 e. The van der Waals surface area contributed by atoms with E-state index in [1.54, 1.807) is 24.3 Å². The molecule has 1 aliphatic rings. The molecular weight excluding hydrogens is 561 g/mol. The molecule has 0 saturated heterocycles. The van der Waals surface area contributed by atoms with Gasteiger partial charge < -0.3 is 20.7 Å². The first-order valence-electron chi connectivity index (χ1n) is 13.1. The van der Waals surface area contributed by atoms with Crippen LogP contribution in [-0.2, 0) is 9.53 Å². The van der Waals surface area contributed by atoms with Crippen molar-refractivity contribution in [2.75, 3.05) is 19.0 Å². The van der Waals surface area contributed by atoms with Crippen molar-refractivity contribution in [3.8, 4) is 0 Å². The molecule has 39 heavy (non-hydrogen) atoms. The predicted molar refractivity (Wildman–Crippen MR) is 157 cm³/mol. The fourth-order valence-corrected chi connectivity index (χ4v) is 5.65. The zero-order valence-electron chi connectivity index (χ0n) is 22.7. The van der Waals surface area contributed by atoms with Crippen LogP contribution >= 0.6 is 34.8 Å². The SMILES string of the molecule is COC(=O)CCNC(=O)c1ccc(C(NC(=O)Nc2cc(Cl)c(Cl)c(Cl)c2)C2CCC(C(C)(C)C)CC2)cc1. The molecule has 0 bridgehead atoms. The average Bonchev–Trinajstić information content (AvgIpc) is 2.90. The van der Waals surface area contributed by atoms with E-state index in [-0.39, 0.29) is 57.3 Å². The summed E-state index contributed by atoms with van der Waals surface area (Å²) in [7, 11) is 1.31. The Morgan fingerprint density at radius 3 is 2.10 bits per heavy atom. The summed E-state index contributed by atoms with van der Waals surface area (Å²) in [6.07, 6.45) is 4.21. The Kier molecular flexibility index (Phi) is 10.9. The molecular formula is C29H36Cl3N3O4. The number of ether oxygens (including phenoxy) is 1. The number of rotatable bonds is 8. The van der Waals surface area contributed by atoms with E-state index in [0.717, 1.165) is 31.2 Å². The number of nitrogens with one attached hydrogen (secondary N) is 3. The smallest absolute Gasteiger partial charge is 0.319 e. The zero-order chi connectivity index (χ0) is 28.7. The Balaban J connectivity index is 1.75. The normalized spacial score (nSPS) is 18.1. The van der Waals surface area contributed by atoms with Crippen LogP contribution in [-0.4, -0.2) is 31.6 Å². The topological polar surface area (TPSA) is 96.5 Å². The van der Waals surface area contributed by atoms with Gasteiger partial charge in [0.15, 0.2) is 0 Å². The minimum Gasteiger partial charge on any atom is -0.469 e. The van der Waals surface area contributed by atoms with Crippen LogP contribution in [0.2, 0.25) is 15.1 Å². The summed E-state index contributed by atoms with van der Waals surface area (Å²) in [5.41, 5.74) is 2.04. The highest BCUT2D eigenvalue weighted by Gasteiger charge is 2.34. The molecule has 10 heteroatoms. The highest BCUT2D eigenvalue weighted by atomic mass is 35.5. The molecule has 0 heterocycles. The first-order valence-corrected chi connectivity index (χ1v) is 14.2. The van der Waals surface area contributed by atoms with Crippen LogP contribution in [0.1, 0.15) is 74.8 Å². The Morgan fingerprint density at radius 1 is 0.974 bits per heavy atom. The number of methoxy groups -OCH3 is 1. The molecule has 3 N–H and O–H groups in total. The van der Waals surface area contributed by atoms with E-state index in [1.807, 2.05) is 12.1 Å². The lowest BCUT2D eigenvalue weighted by Gasteiger charge is -2.39. The van der Waals surface area contributed by atoms with Crippen LogP contribution < -0.4 is 16.0 Å². The molecule has 1 saturated carbocycles. The number of urea groups is 1. The molecule has 2 aromatic carbocycles. The highest BCUT2D eigenvalue weighted by Crippen LogP contribution is 2.43. The van der Waals surface area contributed by atoms with E-state index in [9.17, 15) is 14.4 Å². The van der Waals surface area contributed by atoms with Crippen LogP contribution in [0.25, 0.3) is 0 Å². The van der Waals surface area contributed by atoms with Crippen LogP contribution in [0.15, 0.2) is 36.4 Å². The number of esters is 1. The fraction of sp³-hybridized carbons (Fsp3) is 0.483. The van der Waals surface area contributed by atoms with Gasteiger partial charge in [0, 0.05) is 17.8 Å². The number of hydrogen-bond acceptors (Lipinski definition) is 4. The third-order valence-electron chi connectivity index (χ3n) is 7.37. The molecule has 1 fully saturated rings. The lowest BCUT2D eigenvalue weighted by molar-refractivity contribution is -0.140. The number of amides is 3. The number of hydrogen-bond donors (Lipinski definition) is 3. The lowest BCUT2D eigenvalue weighted by Crippen LogP contribution is -2.38. The van der Waals surface area contributed by atoms with E-state index >= 15 is 0 Å². The molecule has 0 aliphatic heterocycles. The number of carbonyl (C=O) groups is 3. The van der Waals surface area contributed by atoms with Gasteiger partial charge in [-0.05, 0) is 72.8 Å². The monoisotopic (exact) mass is 595 g/mol. The Labute approximate surface area is 245 Å². The fourth-order valence-electron chi connectivity index (χ4n) is 5.05. The Bertz CT molecular complexity index is 1150. The second kappa shape index (κ2) is 13.7. The molecule has 0 spiro atoms. The summed E-state index contributed by atoms with van der Waals surface area (Å²) >= 11 is 18.3. The molecule has 0 aromatic heterocycles. The highest BCUT2D eigenvalue weighted by molar-refractivity contribution is 6.48. The maximum absolute atomic E-state index is 13.1. The maximum Gasteiger partial charge on any atom is 0.319 e. The van der Waals surface area contributed by atoms with Crippen LogP contribution in [0, 0.1) is 17.3 Å². The number of benzene rings is 2. The number of carbonyl (C=O) groups excluding carboxylic acids is 3. The number of halogens is 3. The standard InChI is InChI=1S/C29H36Cl3N3O4/c1-29(2,3)20-11-9-18(10-12-20)26(35-28(38)34-21-15-22(30)25(32)23(31)16-21)17-5-7-19(8-6-17)27(37)33-14-13-24(36)39-4/h5-8,15-16,18,20,26H,9-14H2,1-4H3,(H,33,37)(H2,34,35,38). The summed E-state index contributed by atoms with van der Waals surface area (Å²) in [6.45, 7) is 7.02. The van der Waals surface area contributed by atoms with Gasteiger partial charge in [0.25, 0.3) is 5.91 Å². The van der Waals surface area contributed by atoms with Crippen LogP contribution in [0.5, 0.6) is 0 Å². The summed E-state index contributed by atoms with van der Waals surface area (Å²) < 4.78 is 4.60. The second-order valence-electron chi connectivity index (χ2n) is 11.0. The van der Waals surface area contributed by atoms with Gasteiger partial charge in [0.05, 0.1) is 34.6 Å². The summed E-state index contributed by atoms with van der Waals surface area (Å²) in [4.78, 5) is 36.9. The van der Waals surface area contributed by atoms with Gasteiger partial charge in [-0.15, -0.1) is 0 Å². The molecule has 1 atom stereocenters. The molecule has 212 valence electrons. The van der Waals surface area contributed by atoms with Crippen molar-refractivity contribution in [2.24, 2.45) is 17.3 Å². The summed E-state index contributed by atoms with van der Waals surface area (Å²) in [5, 5.41) is 9.39. The maximum atomic E-state index is 13.1. The summed E-state index contributed by atoms with van der Waals surface area (Å²) in [5.74, 6) is 0.182. The molecule has 2 aromatic rings.